The van der Waals surface area contributed by atoms with Gasteiger partial charge in [0.1, 0.15) is 0 Å². The lowest BCUT2D eigenvalue weighted by Crippen LogP contribution is -2.00. The van der Waals surface area contributed by atoms with Crippen molar-refractivity contribution in [3.05, 3.63) is 194 Å². The molecule has 11 aromatic rings. The highest BCUT2D eigenvalue weighted by Crippen LogP contribution is 2.42. The van der Waals surface area contributed by atoms with Crippen LogP contribution in [0.15, 0.2) is 194 Å². The first kappa shape index (κ1) is 25.0. The van der Waals surface area contributed by atoms with Gasteiger partial charge >= 0.3 is 0 Å². The fourth-order valence-corrected chi connectivity index (χ4v) is 8.66. The van der Waals surface area contributed by atoms with Gasteiger partial charge in [-0.2, -0.15) is 0 Å². The summed E-state index contributed by atoms with van der Waals surface area (Å²) in [5.41, 5.74) is 6.63. The minimum absolute atomic E-state index is 0.0339. The van der Waals surface area contributed by atoms with Crippen LogP contribution < -0.4 is 0 Å². The molecular weight excluding hydrogens is 701 g/mol. The summed E-state index contributed by atoms with van der Waals surface area (Å²) in [5, 5.41) is 2.11. The predicted molar refractivity (Wildman–Crippen MR) is 234 cm³/mol. The van der Waals surface area contributed by atoms with E-state index in [0.717, 1.165) is 59.1 Å². The molecule has 262 valence electrons. The summed E-state index contributed by atoms with van der Waals surface area (Å²) < 4.78 is 74.2. The molecule has 0 aliphatic carbocycles. The van der Waals surface area contributed by atoms with E-state index in [1.54, 1.807) is 15.9 Å². The standard InChI is InChI=1S/C51H32N4S/c1-4-15-33(16-5-1)37-29-38(31-39(30-37)55-45-25-12-10-21-40(45)41-22-11-13-26-46(41)55)36-27-28-47-44(32-36)42-23-14-24-43(48(42)56-47)51-53-49(34-17-6-2-7-18-34)52-50(54-51)35-19-8-3-9-20-35/h1-32H/i10D,11D,12D,13D,21D,22D,25D,26D. The van der Waals surface area contributed by atoms with Crippen LogP contribution >= 0.6 is 11.3 Å². The van der Waals surface area contributed by atoms with Crippen molar-refractivity contribution in [1.82, 2.24) is 19.5 Å². The zero-order chi connectivity index (χ0) is 44.0. The number of benzene rings is 8. The molecule has 0 atom stereocenters. The molecular formula is C51H32N4S. The Labute approximate surface area is 338 Å². The van der Waals surface area contributed by atoms with E-state index in [-0.39, 0.29) is 46.0 Å². The minimum Gasteiger partial charge on any atom is -0.309 e. The molecule has 0 fully saturated rings. The Morgan fingerprint density at radius 1 is 0.411 bits per heavy atom. The SMILES string of the molecule is [2H]c1c([2H])c([2H])c2c(c1[2H])c1c([2H])c([2H])c([2H])c([2H])c1n2-c1cc(-c2ccccc2)cc(-c2ccc3sc4c(-c5nc(-c6ccccc6)nc(-c6ccccc6)n5)cccc4c3c2)c1. The number of thiophene rings is 1. The average Bonchev–Trinajstić information content (AvgIpc) is 3.91. The van der Waals surface area contributed by atoms with Gasteiger partial charge in [-0.15, -0.1) is 11.3 Å². The molecule has 11 rings (SSSR count). The van der Waals surface area contributed by atoms with Crippen molar-refractivity contribution in [3.8, 4) is 62.1 Å². The number of rotatable bonds is 6. The van der Waals surface area contributed by atoms with Gasteiger partial charge in [-0.25, -0.2) is 15.0 Å². The van der Waals surface area contributed by atoms with Gasteiger partial charge in [-0.3, -0.25) is 0 Å². The van der Waals surface area contributed by atoms with E-state index in [1.165, 1.54) is 0 Å². The largest absolute Gasteiger partial charge is 0.309 e. The van der Waals surface area contributed by atoms with Gasteiger partial charge in [0.15, 0.2) is 17.5 Å². The highest BCUT2D eigenvalue weighted by Gasteiger charge is 2.18. The average molecular weight is 741 g/mol. The minimum atomic E-state index is -0.481. The van der Waals surface area contributed by atoms with Crippen LogP contribution in [0.4, 0.5) is 0 Å². The third-order valence-corrected chi connectivity index (χ3v) is 11.3. The van der Waals surface area contributed by atoms with Crippen LogP contribution in [0.2, 0.25) is 0 Å². The molecule has 0 saturated heterocycles. The van der Waals surface area contributed by atoms with E-state index >= 15 is 0 Å². The number of para-hydroxylation sites is 2. The second-order valence-corrected chi connectivity index (χ2v) is 14.5. The van der Waals surface area contributed by atoms with E-state index in [0.29, 0.717) is 23.2 Å². The maximum atomic E-state index is 9.13. The second-order valence-electron chi connectivity index (χ2n) is 13.5. The van der Waals surface area contributed by atoms with Gasteiger partial charge in [-0.05, 0) is 70.7 Å². The third kappa shape index (κ3) is 5.48. The number of hydrogen-bond donors (Lipinski definition) is 0. The quantitative estimate of drug-likeness (QED) is 0.170. The topological polar surface area (TPSA) is 43.6 Å². The summed E-state index contributed by atoms with van der Waals surface area (Å²) in [5.74, 6) is 1.72. The van der Waals surface area contributed by atoms with Crippen LogP contribution in [0.5, 0.6) is 0 Å². The maximum Gasteiger partial charge on any atom is 0.165 e. The highest BCUT2D eigenvalue weighted by atomic mass is 32.1. The van der Waals surface area contributed by atoms with Crippen LogP contribution in [0, 0.1) is 0 Å². The first-order chi connectivity index (χ1) is 31.1. The van der Waals surface area contributed by atoms with Crippen LogP contribution in [0.3, 0.4) is 0 Å². The fourth-order valence-electron chi connectivity index (χ4n) is 7.47. The summed E-state index contributed by atoms with van der Waals surface area (Å²) in [6.07, 6.45) is 0. The molecule has 56 heavy (non-hydrogen) atoms. The van der Waals surface area contributed by atoms with Gasteiger partial charge in [-0.1, -0.05) is 145 Å². The smallest absolute Gasteiger partial charge is 0.165 e. The molecule has 0 aliphatic rings. The van der Waals surface area contributed by atoms with E-state index in [2.05, 4.69) is 30.3 Å². The Bertz CT molecular complexity index is 3570. The molecule has 0 aliphatic heterocycles. The molecule has 0 amide bonds. The second kappa shape index (κ2) is 13.3. The number of fused-ring (bicyclic) bond motifs is 6. The van der Waals surface area contributed by atoms with Crippen molar-refractivity contribution in [3.63, 3.8) is 0 Å². The molecule has 3 heterocycles. The number of hydrogen-bond acceptors (Lipinski definition) is 4. The number of aromatic nitrogens is 4. The summed E-state index contributed by atoms with van der Waals surface area (Å²) in [4.78, 5) is 15.0. The zero-order valence-electron chi connectivity index (χ0n) is 37.6. The molecule has 0 spiro atoms. The molecule has 3 aromatic heterocycles. The highest BCUT2D eigenvalue weighted by molar-refractivity contribution is 7.26. The molecule has 0 unspecified atom stereocenters. The van der Waals surface area contributed by atoms with E-state index < -0.39 is 24.2 Å². The van der Waals surface area contributed by atoms with Crippen molar-refractivity contribution in [2.75, 3.05) is 0 Å². The Kier molecular flexibility index (Phi) is 5.92. The van der Waals surface area contributed by atoms with Gasteiger partial charge in [0.2, 0.25) is 0 Å². The van der Waals surface area contributed by atoms with Crippen molar-refractivity contribution >= 4 is 53.3 Å². The number of nitrogens with zero attached hydrogens (tertiary/aromatic N) is 4. The molecule has 0 saturated carbocycles. The first-order valence-corrected chi connectivity index (χ1v) is 18.9. The van der Waals surface area contributed by atoms with Crippen LogP contribution in [0.25, 0.3) is 104 Å². The lowest BCUT2D eigenvalue weighted by molar-refractivity contribution is 1.08. The summed E-state index contributed by atoms with van der Waals surface area (Å²) in [6.45, 7) is 0. The first-order valence-electron chi connectivity index (χ1n) is 22.1. The van der Waals surface area contributed by atoms with E-state index in [9.17, 15) is 0 Å². The third-order valence-electron chi connectivity index (χ3n) is 10.1. The zero-order valence-corrected chi connectivity index (χ0v) is 30.4. The lowest BCUT2D eigenvalue weighted by atomic mass is 9.96. The van der Waals surface area contributed by atoms with Crippen LogP contribution in [0.1, 0.15) is 11.0 Å². The predicted octanol–water partition coefficient (Wildman–Crippen LogP) is 13.7. The van der Waals surface area contributed by atoms with Crippen LogP contribution in [-0.2, 0) is 0 Å². The van der Waals surface area contributed by atoms with E-state index in [4.69, 9.17) is 25.9 Å². The normalized spacial score (nSPS) is 13.6. The fraction of sp³-hybridized carbons (Fsp3) is 0. The Balaban J connectivity index is 1.14. The maximum absolute atomic E-state index is 9.13. The Hall–Kier alpha value is -7.21. The van der Waals surface area contributed by atoms with Gasteiger partial charge < -0.3 is 4.57 Å². The lowest BCUT2D eigenvalue weighted by Gasteiger charge is -2.14. The Morgan fingerprint density at radius 2 is 0.964 bits per heavy atom. The molecule has 5 heteroatoms. The monoisotopic (exact) mass is 740 g/mol. The summed E-state index contributed by atoms with van der Waals surface area (Å²) in [7, 11) is 0. The molecule has 0 radical (unpaired) electrons. The molecule has 8 aromatic carbocycles. The van der Waals surface area contributed by atoms with Crippen molar-refractivity contribution < 1.29 is 11.0 Å². The van der Waals surface area contributed by atoms with Crippen molar-refractivity contribution in [1.29, 1.82) is 0 Å². The summed E-state index contributed by atoms with van der Waals surface area (Å²) in [6, 6.07) is 44.6. The molecule has 0 bridgehead atoms. The van der Waals surface area contributed by atoms with Crippen molar-refractivity contribution in [2.45, 2.75) is 0 Å². The molecule has 4 nitrogen and oxygen atoms in total. The van der Waals surface area contributed by atoms with Gasteiger partial charge in [0.25, 0.3) is 0 Å². The van der Waals surface area contributed by atoms with E-state index in [1.807, 2.05) is 115 Å². The van der Waals surface area contributed by atoms with Crippen molar-refractivity contribution in [2.24, 2.45) is 0 Å². The van der Waals surface area contributed by atoms with Crippen LogP contribution in [-0.4, -0.2) is 19.5 Å². The Morgan fingerprint density at radius 3 is 1.59 bits per heavy atom. The summed E-state index contributed by atoms with van der Waals surface area (Å²) >= 11 is 1.66. The van der Waals surface area contributed by atoms with Gasteiger partial charge in [0.05, 0.1) is 22.0 Å². The molecule has 0 N–H and O–H groups in total. The van der Waals surface area contributed by atoms with Gasteiger partial charge in [0, 0.05) is 53.3 Å².